The first-order chi connectivity index (χ1) is 17.1. The van der Waals surface area contributed by atoms with E-state index in [9.17, 15) is 0 Å². The molecule has 182 valence electrons. The topological polar surface area (TPSA) is 60.1 Å². The molecule has 6 heteroatoms. The minimum atomic E-state index is 0.0928. The molecule has 4 heterocycles. The summed E-state index contributed by atoms with van der Waals surface area (Å²) in [6.45, 7) is 13.8. The average Bonchev–Trinajstić information content (AvgIpc) is 3.34. The quantitative estimate of drug-likeness (QED) is 0.457. The van der Waals surface area contributed by atoms with Crippen molar-refractivity contribution < 1.29 is 0 Å². The fourth-order valence-electron chi connectivity index (χ4n) is 5.20. The zero-order valence-corrected chi connectivity index (χ0v) is 21.0. The predicted molar refractivity (Wildman–Crippen MR) is 145 cm³/mol. The van der Waals surface area contributed by atoms with Crippen molar-refractivity contribution in [2.75, 3.05) is 42.9 Å². The van der Waals surface area contributed by atoms with Gasteiger partial charge < -0.3 is 15.2 Å². The van der Waals surface area contributed by atoms with Crippen LogP contribution in [-0.4, -0.2) is 52.6 Å². The average molecular weight is 469 g/mol. The fourth-order valence-corrected chi connectivity index (χ4v) is 5.20. The number of hydrogen-bond donors (Lipinski definition) is 2. The number of anilines is 2. The van der Waals surface area contributed by atoms with Gasteiger partial charge in [-0.05, 0) is 75.9 Å². The SMILES string of the molecule is C=C(Nc1ccc(-c2cc3c(N4CCCCC4)ncnc3[nH]2)cc1)C1(C)CCN(CC#CC)CC1. The van der Waals surface area contributed by atoms with Crippen molar-refractivity contribution in [3.8, 4) is 23.1 Å². The number of hydrogen-bond acceptors (Lipinski definition) is 5. The van der Waals surface area contributed by atoms with Crippen molar-refractivity contribution in [3.63, 3.8) is 0 Å². The minimum absolute atomic E-state index is 0.0928. The third-order valence-electron chi connectivity index (χ3n) is 7.72. The van der Waals surface area contributed by atoms with Crippen LogP contribution < -0.4 is 10.2 Å². The summed E-state index contributed by atoms with van der Waals surface area (Å²) >= 11 is 0. The second-order valence-electron chi connectivity index (χ2n) is 10.1. The predicted octanol–water partition coefficient (Wildman–Crippen LogP) is 5.67. The van der Waals surface area contributed by atoms with E-state index in [1.165, 1.54) is 19.3 Å². The van der Waals surface area contributed by atoms with Gasteiger partial charge >= 0.3 is 0 Å². The Labute approximate surface area is 208 Å². The van der Waals surface area contributed by atoms with Crippen LogP contribution in [0.15, 0.2) is 48.9 Å². The minimum Gasteiger partial charge on any atom is -0.359 e. The first kappa shape index (κ1) is 23.4. The summed E-state index contributed by atoms with van der Waals surface area (Å²) < 4.78 is 0. The lowest BCUT2D eigenvalue weighted by Gasteiger charge is -2.40. The first-order valence-corrected chi connectivity index (χ1v) is 12.8. The number of piperidine rings is 2. The second kappa shape index (κ2) is 10.1. The third-order valence-corrected chi connectivity index (χ3v) is 7.72. The molecule has 35 heavy (non-hydrogen) atoms. The Balaban J connectivity index is 1.27. The van der Waals surface area contributed by atoms with E-state index in [2.05, 4.69) is 85.7 Å². The van der Waals surface area contributed by atoms with Crippen LogP contribution >= 0.6 is 0 Å². The first-order valence-electron chi connectivity index (χ1n) is 12.8. The molecule has 0 atom stereocenters. The van der Waals surface area contributed by atoms with Crippen LogP contribution in [0.1, 0.15) is 46.0 Å². The van der Waals surface area contributed by atoms with E-state index in [-0.39, 0.29) is 5.41 Å². The molecule has 2 saturated heterocycles. The highest BCUT2D eigenvalue weighted by Gasteiger charge is 2.32. The molecule has 0 aliphatic carbocycles. The molecule has 0 amide bonds. The molecule has 0 bridgehead atoms. The summed E-state index contributed by atoms with van der Waals surface area (Å²) in [5.74, 6) is 7.24. The van der Waals surface area contributed by atoms with E-state index < -0.39 is 0 Å². The van der Waals surface area contributed by atoms with Crippen molar-refractivity contribution >= 4 is 22.5 Å². The van der Waals surface area contributed by atoms with Gasteiger partial charge in [0, 0.05) is 35.6 Å². The lowest BCUT2D eigenvalue weighted by molar-refractivity contribution is 0.159. The summed E-state index contributed by atoms with van der Waals surface area (Å²) in [4.78, 5) is 17.4. The number of benzene rings is 1. The van der Waals surface area contributed by atoms with Crippen molar-refractivity contribution in [3.05, 3.63) is 48.9 Å². The molecule has 1 aromatic carbocycles. The summed E-state index contributed by atoms with van der Waals surface area (Å²) in [5.41, 5.74) is 5.37. The van der Waals surface area contributed by atoms with E-state index in [1.54, 1.807) is 6.33 Å². The zero-order valence-electron chi connectivity index (χ0n) is 21.0. The molecule has 6 nitrogen and oxygen atoms in total. The van der Waals surface area contributed by atoms with Gasteiger partial charge in [-0.1, -0.05) is 31.6 Å². The normalized spacial score (nSPS) is 18.2. The monoisotopic (exact) mass is 468 g/mol. The Hall–Kier alpha value is -3.30. The molecular weight excluding hydrogens is 432 g/mol. The lowest BCUT2D eigenvalue weighted by atomic mass is 9.77. The molecule has 5 rings (SSSR count). The number of fused-ring (bicyclic) bond motifs is 1. The number of nitrogens with zero attached hydrogens (tertiary/aromatic N) is 4. The van der Waals surface area contributed by atoms with Gasteiger partial charge in [-0.15, -0.1) is 5.92 Å². The van der Waals surface area contributed by atoms with Crippen LogP contribution in [0.5, 0.6) is 0 Å². The third kappa shape index (κ3) is 5.06. The number of likely N-dealkylation sites (tertiary alicyclic amines) is 1. The van der Waals surface area contributed by atoms with Gasteiger partial charge in [0.25, 0.3) is 0 Å². The van der Waals surface area contributed by atoms with Crippen LogP contribution in [0.4, 0.5) is 11.5 Å². The summed E-state index contributed by atoms with van der Waals surface area (Å²) in [5, 5.41) is 4.69. The van der Waals surface area contributed by atoms with Crippen molar-refractivity contribution in [2.45, 2.75) is 46.0 Å². The van der Waals surface area contributed by atoms with E-state index in [1.807, 2.05) is 6.92 Å². The van der Waals surface area contributed by atoms with Crippen molar-refractivity contribution in [1.82, 2.24) is 19.9 Å². The summed E-state index contributed by atoms with van der Waals surface area (Å²) in [7, 11) is 0. The zero-order chi connectivity index (χ0) is 24.3. The molecule has 0 unspecified atom stereocenters. The van der Waals surface area contributed by atoms with Crippen LogP contribution in [-0.2, 0) is 0 Å². The number of rotatable bonds is 6. The number of aromatic nitrogens is 3. The Morgan fingerprint density at radius 1 is 1.09 bits per heavy atom. The van der Waals surface area contributed by atoms with E-state index >= 15 is 0 Å². The van der Waals surface area contributed by atoms with Crippen molar-refractivity contribution in [2.24, 2.45) is 5.41 Å². The maximum Gasteiger partial charge on any atom is 0.143 e. The van der Waals surface area contributed by atoms with Gasteiger partial charge in [0.15, 0.2) is 0 Å². The molecule has 2 aliphatic heterocycles. The number of aromatic amines is 1. The van der Waals surface area contributed by atoms with Gasteiger partial charge in [0.05, 0.1) is 11.9 Å². The maximum absolute atomic E-state index is 4.62. The highest BCUT2D eigenvalue weighted by molar-refractivity contribution is 5.92. The van der Waals surface area contributed by atoms with Crippen LogP contribution in [0.25, 0.3) is 22.3 Å². The van der Waals surface area contributed by atoms with E-state index in [4.69, 9.17) is 0 Å². The summed E-state index contributed by atoms with van der Waals surface area (Å²) in [6.07, 6.45) is 7.63. The fraction of sp³-hybridized carbons (Fsp3) is 0.448. The van der Waals surface area contributed by atoms with Gasteiger partial charge in [-0.2, -0.15) is 0 Å². The second-order valence-corrected chi connectivity index (χ2v) is 10.1. The largest absolute Gasteiger partial charge is 0.359 e. The highest BCUT2D eigenvalue weighted by atomic mass is 15.2. The maximum atomic E-state index is 4.62. The molecule has 2 N–H and O–H groups in total. The molecular formula is C29H36N6. The smallest absolute Gasteiger partial charge is 0.143 e. The molecule has 2 aliphatic rings. The molecule has 0 spiro atoms. The van der Waals surface area contributed by atoms with Gasteiger partial charge in [0.1, 0.15) is 17.8 Å². The Bertz CT molecular complexity index is 1230. The van der Waals surface area contributed by atoms with Gasteiger partial charge in [0.2, 0.25) is 0 Å². The lowest BCUT2D eigenvalue weighted by Crippen LogP contribution is -2.40. The summed E-state index contributed by atoms with van der Waals surface area (Å²) in [6, 6.07) is 10.8. The number of nitrogens with one attached hydrogen (secondary N) is 2. The van der Waals surface area contributed by atoms with Crippen molar-refractivity contribution in [1.29, 1.82) is 0 Å². The Morgan fingerprint density at radius 3 is 2.54 bits per heavy atom. The Morgan fingerprint density at radius 2 is 1.83 bits per heavy atom. The molecule has 0 saturated carbocycles. The highest BCUT2D eigenvalue weighted by Crippen LogP contribution is 2.38. The van der Waals surface area contributed by atoms with Gasteiger partial charge in [-0.3, -0.25) is 4.90 Å². The van der Waals surface area contributed by atoms with Gasteiger partial charge in [-0.25, -0.2) is 9.97 Å². The number of H-pyrrole nitrogens is 1. The standard InChI is InChI=1S/C29H36N6/c1-4-5-15-34-18-13-29(3,14-19-34)22(2)32-24-11-9-23(10-12-24)26-20-25-27(33-26)30-21-31-28(25)35-16-7-6-8-17-35/h9-12,20-21,32H,2,6-8,13-19H2,1,3H3,(H,30,31,33). The van der Waals surface area contributed by atoms with Crippen LogP contribution in [0.3, 0.4) is 0 Å². The number of allylic oxidation sites excluding steroid dienone is 1. The van der Waals surface area contributed by atoms with Crippen LogP contribution in [0, 0.1) is 17.3 Å². The van der Waals surface area contributed by atoms with E-state index in [0.717, 1.165) is 85.1 Å². The molecule has 2 aromatic heterocycles. The Kier molecular flexibility index (Phi) is 6.79. The molecule has 3 aromatic rings. The molecule has 2 fully saturated rings. The van der Waals surface area contributed by atoms with E-state index in [0.29, 0.717) is 0 Å². The van der Waals surface area contributed by atoms with Crippen LogP contribution in [0.2, 0.25) is 0 Å². The molecule has 0 radical (unpaired) electrons.